The number of methoxy groups -OCH3 is 1. The lowest BCUT2D eigenvalue weighted by Crippen LogP contribution is -2.57. The van der Waals surface area contributed by atoms with Gasteiger partial charge in [-0.05, 0) is 31.9 Å². The molecule has 1 fully saturated rings. The molecule has 0 N–H and O–H groups in total. The summed E-state index contributed by atoms with van der Waals surface area (Å²) in [5, 5.41) is 0. The Morgan fingerprint density at radius 3 is 2.88 bits per heavy atom. The van der Waals surface area contributed by atoms with Crippen molar-refractivity contribution in [2.75, 3.05) is 39.9 Å². The number of hydrogen-bond acceptors (Lipinski definition) is 4. The average molecular weight is 346 g/mol. The summed E-state index contributed by atoms with van der Waals surface area (Å²) in [6.07, 6.45) is 0.645. The minimum Gasteiger partial charge on any atom is -0.382 e. The fraction of sp³-hybridized carbons (Fsp3) is 0.579. The van der Waals surface area contributed by atoms with Gasteiger partial charge in [0.15, 0.2) is 0 Å². The molecule has 1 unspecified atom stereocenters. The van der Waals surface area contributed by atoms with Gasteiger partial charge in [0.25, 0.3) is 5.91 Å². The molecule has 1 atom stereocenters. The van der Waals surface area contributed by atoms with Gasteiger partial charge in [-0.3, -0.25) is 9.59 Å². The maximum Gasteiger partial charge on any atom is 0.254 e. The SMILES string of the molecule is COCC1CN(C(=O)CN2CCc3ccccc3C2=O)CC(C)(C)O1. The van der Waals surface area contributed by atoms with E-state index in [4.69, 9.17) is 9.47 Å². The van der Waals surface area contributed by atoms with Crippen molar-refractivity contribution in [3.63, 3.8) is 0 Å². The Bertz CT molecular complexity index is 659. The van der Waals surface area contributed by atoms with E-state index in [0.29, 0.717) is 31.8 Å². The van der Waals surface area contributed by atoms with Crippen LogP contribution in [0.5, 0.6) is 0 Å². The van der Waals surface area contributed by atoms with E-state index < -0.39 is 5.60 Å². The summed E-state index contributed by atoms with van der Waals surface area (Å²) >= 11 is 0. The van der Waals surface area contributed by atoms with Crippen molar-refractivity contribution in [3.8, 4) is 0 Å². The van der Waals surface area contributed by atoms with E-state index in [1.807, 2.05) is 38.1 Å². The summed E-state index contributed by atoms with van der Waals surface area (Å²) < 4.78 is 11.1. The molecule has 0 radical (unpaired) electrons. The molecule has 25 heavy (non-hydrogen) atoms. The van der Waals surface area contributed by atoms with Gasteiger partial charge in [-0.2, -0.15) is 0 Å². The standard InChI is InChI=1S/C19H26N2O4/c1-19(2)13-21(10-15(25-19)12-24-3)17(22)11-20-9-8-14-6-4-5-7-16(14)18(20)23/h4-7,15H,8-13H2,1-3H3. The molecule has 0 saturated carbocycles. The fourth-order valence-corrected chi connectivity index (χ4v) is 3.65. The van der Waals surface area contributed by atoms with Crippen LogP contribution in [0.3, 0.4) is 0 Å². The molecule has 1 aromatic rings. The third-order valence-electron chi connectivity index (χ3n) is 4.70. The molecule has 0 aliphatic carbocycles. The number of nitrogens with zero attached hydrogens (tertiary/aromatic N) is 2. The first-order valence-electron chi connectivity index (χ1n) is 8.71. The monoisotopic (exact) mass is 346 g/mol. The molecule has 2 heterocycles. The molecule has 0 bridgehead atoms. The van der Waals surface area contributed by atoms with Crippen LogP contribution in [0.2, 0.25) is 0 Å². The van der Waals surface area contributed by atoms with Crippen LogP contribution < -0.4 is 0 Å². The Kier molecular flexibility index (Phi) is 5.11. The van der Waals surface area contributed by atoms with Gasteiger partial charge in [-0.1, -0.05) is 18.2 Å². The lowest BCUT2D eigenvalue weighted by Gasteiger charge is -2.43. The molecule has 3 rings (SSSR count). The molecule has 2 amide bonds. The molecule has 2 aliphatic rings. The Hall–Kier alpha value is -1.92. The van der Waals surface area contributed by atoms with Crippen LogP contribution in [0.25, 0.3) is 0 Å². The maximum absolute atomic E-state index is 12.8. The first-order valence-corrected chi connectivity index (χ1v) is 8.71. The highest BCUT2D eigenvalue weighted by Gasteiger charge is 2.36. The van der Waals surface area contributed by atoms with Crippen molar-refractivity contribution in [3.05, 3.63) is 35.4 Å². The third-order valence-corrected chi connectivity index (χ3v) is 4.70. The average Bonchev–Trinajstić information content (AvgIpc) is 2.56. The van der Waals surface area contributed by atoms with Crippen molar-refractivity contribution in [1.29, 1.82) is 0 Å². The van der Waals surface area contributed by atoms with Crippen LogP contribution in [0.1, 0.15) is 29.8 Å². The van der Waals surface area contributed by atoms with Crippen molar-refractivity contribution in [2.45, 2.75) is 32.0 Å². The highest BCUT2D eigenvalue weighted by atomic mass is 16.5. The van der Waals surface area contributed by atoms with Gasteiger partial charge < -0.3 is 19.3 Å². The molecule has 2 aliphatic heterocycles. The van der Waals surface area contributed by atoms with Crippen molar-refractivity contribution in [2.24, 2.45) is 0 Å². The number of carbonyl (C=O) groups excluding carboxylic acids is 2. The quantitative estimate of drug-likeness (QED) is 0.825. The van der Waals surface area contributed by atoms with Crippen molar-refractivity contribution >= 4 is 11.8 Å². The second-order valence-corrected chi connectivity index (χ2v) is 7.36. The highest BCUT2D eigenvalue weighted by Crippen LogP contribution is 2.23. The van der Waals surface area contributed by atoms with E-state index in [1.165, 1.54) is 0 Å². The molecule has 0 spiro atoms. The topological polar surface area (TPSA) is 59.1 Å². The zero-order valence-electron chi connectivity index (χ0n) is 15.2. The third kappa shape index (κ3) is 4.02. The van der Waals surface area contributed by atoms with Gasteiger partial charge in [0.2, 0.25) is 5.91 Å². The lowest BCUT2D eigenvalue weighted by molar-refractivity contribution is -0.169. The summed E-state index contributed by atoms with van der Waals surface area (Å²) in [4.78, 5) is 28.9. The van der Waals surface area contributed by atoms with E-state index in [1.54, 1.807) is 16.9 Å². The van der Waals surface area contributed by atoms with E-state index >= 15 is 0 Å². The first kappa shape index (κ1) is 17.9. The van der Waals surface area contributed by atoms with Crippen LogP contribution in [0.15, 0.2) is 24.3 Å². The summed E-state index contributed by atoms with van der Waals surface area (Å²) in [6, 6.07) is 7.62. The highest BCUT2D eigenvalue weighted by molar-refractivity contribution is 5.98. The van der Waals surface area contributed by atoms with Crippen LogP contribution in [0, 0.1) is 0 Å². The number of morpholine rings is 1. The molecule has 6 nitrogen and oxygen atoms in total. The Labute approximate surface area is 148 Å². The van der Waals surface area contributed by atoms with E-state index in [9.17, 15) is 9.59 Å². The second kappa shape index (κ2) is 7.14. The van der Waals surface area contributed by atoms with E-state index in [2.05, 4.69) is 0 Å². The molecule has 0 aromatic heterocycles. The number of amides is 2. The predicted molar refractivity (Wildman–Crippen MR) is 93.5 cm³/mol. The molecule has 1 saturated heterocycles. The Balaban J connectivity index is 1.67. The molecule has 1 aromatic carbocycles. The summed E-state index contributed by atoms with van der Waals surface area (Å²) in [5.41, 5.74) is 1.35. The zero-order valence-corrected chi connectivity index (χ0v) is 15.2. The van der Waals surface area contributed by atoms with Gasteiger partial charge >= 0.3 is 0 Å². The van der Waals surface area contributed by atoms with E-state index in [-0.39, 0.29) is 24.5 Å². The Morgan fingerprint density at radius 2 is 2.12 bits per heavy atom. The molecular weight excluding hydrogens is 320 g/mol. The minimum atomic E-state index is -0.421. The summed E-state index contributed by atoms with van der Waals surface area (Å²) in [6.45, 7) is 6.09. The lowest BCUT2D eigenvalue weighted by atomic mass is 9.99. The fourth-order valence-electron chi connectivity index (χ4n) is 3.65. The number of benzene rings is 1. The van der Waals surface area contributed by atoms with Gasteiger partial charge in [-0.15, -0.1) is 0 Å². The van der Waals surface area contributed by atoms with Gasteiger partial charge in [0.05, 0.1) is 18.3 Å². The van der Waals surface area contributed by atoms with Gasteiger partial charge in [0, 0.05) is 32.3 Å². The maximum atomic E-state index is 12.8. The normalized spacial score (nSPS) is 22.7. The number of fused-ring (bicyclic) bond motifs is 1. The van der Waals surface area contributed by atoms with Gasteiger partial charge in [0.1, 0.15) is 6.54 Å². The number of hydrogen-bond donors (Lipinski definition) is 0. The number of carbonyl (C=O) groups is 2. The van der Waals surface area contributed by atoms with Gasteiger partial charge in [-0.25, -0.2) is 0 Å². The largest absolute Gasteiger partial charge is 0.382 e. The second-order valence-electron chi connectivity index (χ2n) is 7.36. The number of ether oxygens (including phenoxy) is 2. The smallest absolute Gasteiger partial charge is 0.254 e. The zero-order chi connectivity index (χ0) is 18.0. The van der Waals surface area contributed by atoms with Crippen LogP contribution in [0.4, 0.5) is 0 Å². The molecule has 136 valence electrons. The molecule has 6 heteroatoms. The van der Waals surface area contributed by atoms with Crippen molar-refractivity contribution in [1.82, 2.24) is 9.80 Å². The van der Waals surface area contributed by atoms with Crippen LogP contribution >= 0.6 is 0 Å². The number of rotatable bonds is 4. The first-order chi connectivity index (χ1) is 11.9. The predicted octanol–water partition coefficient (Wildman–Crippen LogP) is 1.34. The van der Waals surface area contributed by atoms with E-state index in [0.717, 1.165) is 12.0 Å². The summed E-state index contributed by atoms with van der Waals surface area (Å²) in [7, 11) is 1.63. The minimum absolute atomic E-state index is 0.0368. The Morgan fingerprint density at radius 1 is 1.36 bits per heavy atom. The van der Waals surface area contributed by atoms with Crippen LogP contribution in [-0.2, 0) is 20.7 Å². The summed E-state index contributed by atoms with van der Waals surface area (Å²) in [5.74, 6) is -0.0960. The molecular formula is C19H26N2O4. The van der Waals surface area contributed by atoms with Crippen molar-refractivity contribution < 1.29 is 19.1 Å². The van der Waals surface area contributed by atoms with Crippen LogP contribution in [-0.4, -0.2) is 73.2 Å².